The number of carboxylic acid groups (broad SMARTS) is 1. The highest BCUT2D eigenvalue weighted by Crippen LogP contribution is 2.20. The van der Waals surface area contributed by atoms with E-state index in [4.69, 9.17) is 39.5 Å². The second kappa shape index (κ2) is 20.7. The maximum absolute atomic E-state index is 13.7. The summed E-state index contributed by atoms with van der Waals surface area (Å²) >= 11 is 0. The molecule has 0 aromatic heterocycles. The third kappa shape index (κ3) is 16.1. The lowest BCUT2D eigenvalue weighted by molar-refractivity contribution is -0.142. The summed E-state index contributed by atoms with van der Waals surface area (Å²) in [6.45, 7) is -0.642. The van der Waals surface area contributed by atoms with Crippen molar-refractivity contribution in [3.63, 3.8) is 0 Å². The number of carbonyl (C=O) groups is 7. The van der Waals surface area contributed by atoms with Crippen molar-refractivity contribution in [1.82, 2.24) is 26.2 Å². The molecular weight excluding hydrogens is 622 g/mol. The minimum atomic E-state index is -1.32. The zero-order valence-corrected chi connectivity index (χ0v) is 26.1. The highest BCUT2D eigenvalue weighted by atomic mass is 16.4. The van der Waals surface area contributed by atoms with Crippen LogP contribution < -0.4 is 55.7 Å². The molecule has 264 valence electrons. The molecule has 21 heteroatoms. The number of carboxylic acids is 1. The molecule has 47 heavy (non-hydrogen) atoms. The molecule has 1 saturated heterocycles. The number of nitrogens with one attached hydrogen (secondary N) is 4. The highest BCUT2D eigenvalue weighted by Gasteiger charge is 2.38. The first-order valence-electron chi connectivity index (χ1n) is 14.9. The molecule has 0 bridgehead atoms. The van der Waals surface area contributed by atoms with Crippen molar-refractivity contribution >= 4 is 53.3 Å². The first-order chi connectivity index (χ1) is 22.1. The van der Waals surface area contributed by atoms with Gasteiger partial charge in [-0.1, -0.05) is 0 Å². The Bertz CT molecular complexity index is 1190. The molecule has 1 fully saturated rings. The Labute approximate surface area is 271 Å². The van der Waals surface area contributed by atoms with Crippen molar-refractivity contribution in [2.24, 2.45) is 44.4 Å². The molecule has 0 spiro atoms. The third-order valence-corrected chi connectivity index (χ3v) is 6.87. The molecule has 17 N–H and O–H groups in total. The van der Waals surface area contributed by atoms with Crippen molar-refractivity contribution in [2.75, 3.05) is 32.7 Å². The quantitative estimate of drug-likeness (QED) is 0.0308. The number of aliphatic carboxylic acids is 1. The molecule has 4 atom stereocenters. The van der Waals surface area contributed by atoms with E-state index in [1.807, 2.05) is 0 Å². The molecule has 0 radical (unpaired) electrons. The van der Waals surface area contributed by atoms with Crippen molar-refractivity contribution in [2.45, 2.75) is 75.5 Å². The highest BCUT2D eigenvalue weighted by molar-refractivity contribution is 5.96. The minimum Gasteiger partial charge on any atom is -0.480 e. The van der Waals surface area contributed by atoms with Crippen molar-refractivity contribution < 1.29 is 38.7 Å². The zero-order valence-electron chi connectivity index (χ0n) is 26.1. The van der Waals surface area contributed by atoms with Gasteiger partial charge in [0.1, 0.15) is 24.7 Å². The number of primary amides is 1. The number of amides is 6. The second-order valence-electron chi connectivity index (χ2n) is 10.7. The second-order valence-corrected chi connectivity index (χ2v) is 10.7. The third-order valence-electron chi connectivity index (χ3n) is 6.87. The van der Waals surface area contributed by atoms with Gasteiger partial charge >= 0.3 is 5.97 Å². The van der Waals surface area contributed by atoms with Gasteiger partial charge in [-0.25, -0.2) is 0 Å². The zero-order chi connectivity index (χ0) is 35.5. The largest absolute Gasteiger partial charge is 0.480 e. The van der Waals surface area contributed by atoms with E-state index < -0.39 is 78.7 Å². The molecule has 0 aromatic carbocycles. The molecule has 0 aromatic rings. The summed E-state index contributed by atoms with van der Waals surface area (Å²) in [5.41, 5.74) is 32.3. The molecule has 6 amide bonds. The minimum absolute atomic E-state index is 0.0727. The van der Waals surface area contributed by atoms with Crippen LogP contribution >= 0.6 is 0 Å². The van der Waals surface area contributed by atoms with Crippen LogP contribution in [0.3, 0.4) is 0 Å². The molecule has 0 aliphatic carbocycles. The van der Waals surface area contributed by atoms with Gasteiger partial charge in [0.15, 0.2) is 11.9 Å². The van der Waals surface area contributed by atoms with Crippen LogP contribution in [0.1, 0.15) is 51.4 Å². The summed E-state index contributed by atoms with van der Waals surface area (Å²) in [6, 6.07) is -4.42. The summed E-state index contributed by atoms with van der Waals surface area (Å²) < 4.78 is 0. The molecule has 21 nitrogen and oxygen atoms in total. The van der Waals surface area contributed by atoms with E-state index in [-0.39, 0.29) is 70.1 Å². The number of likely N-dealkylation sites (tertiary alicyclic amines) is 1. The number of hydrogen-bond donors (Lipinski definition) is 11. The standard InChI is InChI=1S/C26H47N13O8/c27-14(4-1-9-33-25(29)30)21(44)35-12-19(41)37-16(5-2-10-34-26(31)32)24(47)39-11-3-6-17(39)23(46)38-15(7-8-18(28)40)22(45)36-13-20(42)43/h14-17H,1-13,27H2,(H2,28,40)(H,35,44)(H,36,45)(H,37,41)(H,38,46)(H,42,43)(H4,29,30,33)(H4,31,32,34)/t14-,15-,16-,17-/m0/s1. The van der Waals surface area contributed by atoms with Gasteiger partial charge in [-0.2, -0.15) is 0 Å². The van der Waals surface area contributed by atoms with Gasteiger partial charge in [-0.3, -0.25) is 43.5 Å². The Morgan fingerprint density at radius 2 is 1.38 bits per heavy atom. The smallest absolute Gasteiger partial charge is 0.322 e. The van der Waals surface area contributed by atoms with Crippen LogP contribution in [0.15, 0.2) is 9.98 Å². The number of carbonyl (C=O) groups excluding carboxylic acids is 6. The molecular formula is C26H47N13O8. The fraction of sp³-hybridized carbons (Fsp3) is 0.654. The van der Waals surface area contributed by atoms with E-state index in [1.54, 1.807) is 0 Å². The van der Waals surface area contributed by atoms with Crippen LogP contribution in [0.2, 0.25) is 0 Å². The van der Waals surface area contributed by atoms with Crippen molar-refractivity contribution in [1.29, 1.82) is 0 Å². The van der Waals surface area contributed by atoms with Crippen LogP contribution in [-0.4, -0.2) is 120 Å². The maximum atomic E-state index is 13.7. The van der Waals surface area contributed by atoms with Gasteiger partial charge in [0, 0.05) is 26.1 Å². The van der Waals surface area contributed by atoms with E-state index in [1.165, 1.54) is 4.90 Å². The van der Waals surface area contributed by atoms with Gasteiger partial charge < -0.3 is 65.7 Å². The lowest BCUT2D eigenvalue weighted by Gasteiger charge is -2.30. The monoisotopic (exact) mass is 669 g/mol. The summed E-state index contributed by atoms with van der Waals surface area (Å²) in [5, 5.41) is 18.5. The molecule has 1 aliphatic heterocycles. The van der Waals surface area contributed by atoms with Crippen molar-refractivity contribution in [3.05, 3.63) is 0 Å². The van der Waals surface area contributed by atoms with E-state index in [0.29, 0.717) is 12.8 Å². The predicted molar refractivity (Wildman–Crippen MR) is 168 cm³/mol. The van der Waals surface area contributed by atoms with Crippen LogP contribution in [0.5, 0.6) is 0 Å². The van der Waals surface area contributed by atoms with Crippen LogP contribution in [0, 0.1) is 0 Å². The molecule has 1 heterocycles. The van der Waals surface area contributed by atoms with Crippen LogP contribution in [0.25, 0.3) is 0 Å². The van der Waals surface area contributed by atoms with Gasteiger partial charge in [0.25, 0.3) is 0 Å². The fourth-order valence-corrected chi connectivity index (χ4v) is 4.57. The summed E-state index contributed by atoms with van der Waals surface area (Å²) in [6.07, 6.45) is 1.18. The van der Waals surface area contributed by atoms with E-state index in [0.717, 1.165) is 0 Å². The van der Waals surface area contributed by atoms with Crippen LogP contribution in [0.4, 0.5) is 0 Å². The predicted octanol–water partition coefficient (Wildman–Crippen LogP) is -6.04. The Hall–Kier alpha value is -5.21. The first kappa shape index (κ1) is 39.8. The molecule has 1 rings (SSSR count). The maximum Gasteiger partial charge on any atom is 0.322 e. The van der Waals surface area contributed by atoms with E-state index in [9.17, 15) is 33.6 Å². The van der Waals surface area contributed by atoms with Gasteiger partial charge in [-0.05, 0) is 44.9 Å². The summed E-state index contributed by atoms with van der Waals surface area (Å²) in [7, 11) is 0. The molecule has 0 saturated carbocycles. The number of guanidine groups is 2. The Balaban J connectivity index is 2.96. The SMILES string of the molecule is NC(=O)CC[C@H](NC(=O)[C@@H]1CCCN1C(=O)[C@H](CCCN=C(N)N)NC(=O)CNC(=O)[C@@H](N)CCCN=C(N)N)C(=O)NCC(=O)O. The van der Waals surface area contributed by atoms with Crippen molar-refractivity contribution in [3.8, 4) is 0 Å². The molecule has 1 aliphatic rings. The van der Waals surface area contributed by atoms with E-state index in [2.05, 4.69) is 31.3 Å². The normalized spacial score (nSPS) is 15.7. The average Bonchev–Trinajstić information content (AvgIpc) is 3.49. The number of rotatable bonds is 21. The number of nitrogens with two attached hydrogens (primary N) is 6. The van der Waals surface area contributed by atoms with Crippen LogP contribution in [-0.2, 0) is 33.6 Å². The lowest BCUT2D eigenvalue weighted by Crippen LogP contribution is -2.57. The van der Waals surface area contributed by atoms with E-state index >= 15 is 0 Å². The Morgan fingerprint density at radius 1 is 0.787 bits per heavy atom. The van der Waals surface area contributed by atoms with Gasteiger partial charge in [0.05, 0.1) is 12.6 Å². The number of aliphatic imine (C=N–C) groups is 2. The topological polar surface area (TPSA) is 372 Å². The average molecular weight is 670 g/mol. The van der Waals surface area contributed by atoms with Gasteiger partial charge in [0.2, 0.25) is 35.4 Å². The Kier molecular flexibility index (Phi) is 17.6. The summed E-state index contributed by atoms with van der Waals surface area (Å²) in [4.78, 5) is 95.8. The molecule has 0 unspecified atom stereocenters. The fourth-order valence-electron chi connectivity index (χ4n) is 4.57. The lowest BCUT2D eigenvalue weighted by atomic mass is 10.1. The van der Waals surface area contributed by atoms with Gasteiger partial charge in [-0.15, -0.1) is 0 Å². The summed E-state index contributed by atoms with van der Waals surface area (Å²) in [5.74, 6) is -5.79. The number of hydrogen-bond acceptors (Lipinski definition) is 10. The first-order valence-corrected chi connectivity index (χ1v) is 14.9. The number of nitrogens with zero attached hydrogens (tertiary/aromatic N) is 3. The Morgan fingerprint density at radius 3 is 1.96 bits per heavy atom.